The Kier molecular flexibility index (Phi) is 5.10. The molecule has 0 aliphatic carbocycles. The second-order valence-electron chi connectivity index (χ2n) is 4.79. The van der Waals surface area contributed by atoms with Gasteiger partial charge in [0.25, 0.3) is 5.91 Å². The zero-order valence-corrected chi connectivity index (χ0v) is 14.3. The topological polar surface area (TPSA) is 75.3 Å². The van der Waals surface area contributed by atoms with E-state index in [0.717, 1.165) is 11.1 Å². The van der Waals surface area contributed by atoms with E-state index in [1.807, 2.05) is 13.0 Å². The molecule has 1 atom stereocenters. The summed E-state index contributed by atoms with van der Waals surface area (Å²) in [6, 6.07) is 9.77. The highest BCUT2D eigenvalue weighted by Gasteiger charge is 2.14. The van der Waals surface area contributed by atoms with Crippen LogP contribution in [0.1, 0.15) is 28.2 Å². The summed E-state index contributed by atoms with van der Waals surface area (Å²) in [6.07, 6.45) is 1.06. The average Bonchev–Trinajstić information content (AvgIpc) is 2.84. The van der Waals surface area contributed by atoms with Crippen LogP contribution in [-0.4, -0.2) is 20.6 Å². The average molecular weight is 359 g/mol. The molecule has 0 aliphatic heterocycles. The lowest BCUT2D eigenvalue weighted by Gasteiger charge is -2.13. The number of anilines is 1. The van der Waals surface area contributed by atoms with Crippen LogP contribution in [0.2, 0.25) is 4.34 Å². The molecule has 1 unspecified atom stereocenters. The Hall–Kier alpha value is -1.57. The maximum Gasteiger partial charge on any atom is 0.251 e. The maximum absolute atomic E-state index is 12.2. The van der Waals surface area contributed by atoms with E-state index in [-0.39, 0.29) is 11.9 Å². The van der Waals surface area contributed by atoms with Crippen molar-refractivity contribution >= 4 is 44.6 Å². The van der Waals surface area contributed by atoms with Crippen molar-refractivity contribution in [1.82, 2.24) is 5.32 Å². The summed E-state index contributed by atoms with van der Waals surface area (Å²) >= 11 is 7.28. The standard InChI is InChI=1S/C14H15ClN2O3S2/c1-9(12-6-7-13(15)21-12)16-14(18)10-4-3-5-11(8-10)17-22(2,19)20/h3-9,17H,1-2H3,(H,16,18). The van der Waals surface area contributed by atoms with Crippen LogP contribution < -0.4 is 10.0 Å². The molecule has 0 saturated heterocycles. The fourth-order valence-corrected chi connectivity index (χ4v) is 3.47. The molecule has 0 aliphatic rings. The van der Waals surface area contributed by atoms with E-state index in [1.165, 1.54) is 17.4 Å². The van der Waals surface area contributed by atoms with Crippen LogP contribution in [-0.2, 0) is 10.0 Å². The smallest absolute Gasteiger partial charge is 0.251 e. The molecule has 1 amide bonds. The minimum Gasteiger partial charge on any atom is -0.345 e. The molecule has 0 bridgehead atoms. The van der Waals surface area contributed by atoms with Crippen molar-refractivity contribution in [3.63, 3.8) is 0 Å². The lowest BCUT2D eigenvalue weighted by Crippen LogP contribution is -2.26. The minimum absolute atomic E-state index is 0.184. The van der Waals surface area contributed by atoms with Crippen LogP contribution in [0, 0.1) is 0 Å². The zero-order valence-electron chi connectivity index (χ0n) is 12.0. The van der Waals surface area contributed by atoms with Gasteiger partial charge >= 0.3 is 0 Å². The number of hydrogen-bond acceptors (Lipinski definition) is 4. The summed E-state index contributed by atoms with van der Waals surface area (Å²) in [5.41, 5.74) is 0.727. The van der Waals surface area contributed by atoms with Crippen molar-refractivity contribution < 1.29 is 13.2 Å². The molecule has 2 N–H and O–H groups in total. The molecular weight excluding hydrogens is 344 g/mol. The highest BCUT2D eigenvalue weighted by molar-refractivity contribution is 7.92. The third-order valence-electron chi connectivity index (χ3n) is 2.80. The third kappa shape index (κ3) is 4.72. The summed E-state index contributed by atoms with van der Waals surface area (Å²) in [7, 11) is -3.38. The first-order valence-electron chi connectivity index (χ1n) is 6.38. The second kappa shape index (κ2) is 6.68. The SMILES string of the molecule is CC(NC(=O)c1cccc(NS(C)(=O)=O)c1)c1ccc(Cl)s1. The Labute approximate surface area is 138 Å². The van der Waals surface area contributed by atoms with Crippen LogP contribution in [0.4, 0.5) is 5.69 Å². The van der Waals surface area contributed by atoms with E-state index in [1.54, 1.807) is 24.3 Å². The molecule has 1 aromatic heterocycles. The van der Waals surface area contributed by atoms with Gasteiger partial charge in [-0.15, -0.1) is 11.3 Å². The van der Waals surface area contributed by atoms with Gasteiger partial charge in [0.2, 0.25) is 10.0 Å². The molecule has 22 heavy (non-hydrogen) atoms. The fraction of sp³-hybridized carbons (Fsp3) is 0.214. The van der Waals surface area contributed by atoms with E-state index < -0.39 is 10.0 Å². The zero-order chi connectivity index (χ0) is 16.3. The Morgan fingerprint density at radius 3 is 2.59 bits per heavy atom. The Morgan fingerprint density at radius 1 is 1.27 bits per heavy atom. The van der Waals surface area contributed by atoms with E-state index in [0.29, 0.717) is 15.6 Å². The van der Waals surface area contributed by atoms with E-state index in [4.69, 9.17) is 11.6 Å². The predicted molar refractivity (Wildman–Crippen MR) is 90.1 cm³/mol. The molecule has 5 nitrogen and oxygen atoms in total. The van der Waals surface area contributed by atoms with Gasteiger partial charge in [-0.25, -0.2) is 8.42 Å². The van der Waals surface area contributed by atoms with Crippen LogP contribution in [0.3, 0.4) is 0 Å². The van der Waals surface area contributed by atoms with Crippen LogP contribution in [0.15, 0.2) is 36.4 Å². The van der Waals surface area contributed by atoms with Crippen molar-refractivity contribution in [3.05, 3.63) is 51.2 Å². The van der Waals surface area contributed by atoms with Gasteiger partial charge in [0, 0.05) is 16.1 Å². The summed E-state index contributed by atoms with van der Waals surface area (Å²) < 4.78 is 25.5. The summed E-state index contributed by atoms with van der Waals surface area (Å²) in [5, 5.41) is 2.85. The number of halogens is 1. The molecular formula is C14H15ClN2O3S2. The van der Waals surface area contributed by atoms with Crippen molar-refractivity contribution in [2.24, 2.45) is 0 Å². The number of nitrogens with one attached hydrogen (secondary N) is 2. The summed E-state index contributed by atoms with van der Waals surface area (Å²) in [4.78, 5) is 13.2. The molecule has 8 heteroatoms. The Balaban J connectivity index is 2.11. The highest BCUT2D eigenvalue weighted by atomic mass is 35.5. The van der Waals surface area contributed by atoms with Gasteiger partial charge in [-0.1, -0.05) is 17.7 Å². The fourth-order valence-electron chi connectivity index (χ4n) is 1.85. The van der Waals surface area contributed by atoms with Gasteiger partial charge in [-0.3, -0.25) is 9.52 Å². The molecule has 1 heterocycles. The molecule has 0 spiro atoms. The van der Waals surface area contributed by atoms with Gasteiger partial charge in [-0.05, 0) is 37.3 Å². The Morgan fingerprint density at radius 2 is 2.00 bits per heavy atom. The van der Waals surface area contributed by atoms with Crippen molar-refractivity contribution in [3.8, 4) is 0 Å². The largest absolute Gasteiger partial charge is 0.345 e. The number of hydrogen-bond donors (Lipinski definition) is 2. The second-order valence-corrected chi connectivity index (χ2v) is 8.29. The lowest BCUT2D eigenvalue weighted by molar-refractivity contribution is 0.0940. The first-order valence-corrected chi connectivity index (χ1v) is 9.47. The number of amides is 1. The molecule has 0 fully saturated rings. The summed E-state index contributed by atoms with van der Waals surface area (Å²) in [5.74, 6) is -0.283. The van der Waals surface area contributed by atoms with E-state index in [2.05, 4.69) is 10.0 Å². The Bertz CT molecular complexity index is 787. The first-order chi connectivity index (χ1) is 10.2. The summed E-state index contributed by atoms with van der Waals surface area (Å²) in [6.45, 7) is 1.86. The predicted octanol–water partition coefficient (Wildman–Crippen LogP) is 3.26. The maximum atomic E-state index is 12.2. The molecule has 2 rings (SSSR count). The number of carbonyl (C=O) groups is 1. The molecule has 2 aromatic rings. The van der Waals surface area contributed by atoms with Crippen LogP contribution >= 0.6 is 22.9 Å². The number of sulfonamides is 1. The minimum atomic E-state index is -3.38. The molecule has 0 saturated carbocycles. The van der Waals surface area contributed by atoms with Crippen molar-refractivity contribution in [1.29, 1.82) is 0 Å². The monoisotopic (exact) mass is 358 g/mol. The quantitative estimate of drug-likeness (QED) is 0.861. The first kappa shape index (κ1) is 16.8. The van der Waals surface area contributed by atoms with Gasteiger partial charge in [0.1, 0.15) is 0 Å². The number of thiophene rings is 1. The lowest BCUT2D eigenvalue weighted by atomic mass is 10.1. The number of carbonyl (C=O) groups excluding carboxylic acids is 1. The van der Waals surface area contributed by atoms with Gasteiger partial charge in [0.05, 0.1) is 16.6 Å². The van der Waals surface area contributed by atoms with E-state index >= 15 is 0 Å². The molecule has 118 valence electrons. The third-order valence-corrected chi connectivity index (χ3v) is 4.82. The van der Waals surface area contributed by atoms with Crippen molar-refractivity contribution in [2.75, 3.05) is 11.0 Å². The highest BCUT2D eigenvalue weighted by Crippen LogP contribution is 2.26. The van der Waals surface area contributed by atoms with E-state index in [9.17, 15) is 13.2 Å². The van der Waals surface area contributed by atoms with Crippen LogP contribution in [0.25, 0.3) is 0 Å². The number of rotatable bonds is 5. The van der Waals surface area contributed by atoms with Gasteiger partial charge in [-0.2, -0.15) is 0 Å². The van der Waals surface area contributed by atoms with Gasteiger partial charge < -0.3 is 5.32 Å². The molecule has 1 aromatic carbocycles. The molecule has 0 radical (unpaired) electrons. The van der Waals surface area contributed by atoms with Crippen molar-refractivity contribution in [2.45, 2.75) is 13.0 Å². The normalized spacial score (nSPS) is 12.7. The van der Waals surface area contributed by atoms with Crippen LogP contribution in [0.5, 0.6) is 0 Å². The van der Waals surface area contributed by atoms with Gasteiger partial charge in [0.15, 0.2) is 0 Å². The number of benzene rings is 1.